The minimum Gasteiger partial charge on any atom is -0.367 e. The number of nitrogens with one attached hydrogen (secondary N) is 2. The van der Waals surface area contributed by atoms with Gasteiger partial charge in [0.1, 0.15) is 11.6 Å². The molecule has 2 N–H and O–H groups in total. The third-order valence-electron chi connectivity index (χ3n) is 2.51. The normalized spacial score (nSPS) is 12.9. The van der Waals surface area contributed by atoms with Gasteiger partial charge in [-0.1, -0.05) is 0 Å². The summed E-state index contributed by atoms with van der Waals surface area (Å²) in [5, 5.41) is 9.52. The van der Waals surface area contributed by atoms with E-state index in [1.807, 2.05) is 6.92 Å². The number of hydrogen-bond acceptors (Lipinski definition) is 4. The molecule has 17 heavy (non-hydrogen) atoms. The van der Waals surface area contributed by atoms with Crippen molar-refractivity contribution in [1.82, 2.24) is 19.6 Å². The molecule has 2 heterocycles. The van der Waals surface area contributed by atoms with Crippen molar-refractivity contribution >= 4 is 23.1 Å². The Morgan fingerprint density at radius 2 is 2.41 bits per heavy atom. The second kappa shape index (κ2) is 4.75. The van der Waals surface area contributed by atoms with Crippen LogP contribution in [0.4, 0.5) is 5.82 Å². The van der Waals surface area contributed by atoms with Gasteiger partial charge in [-0.05, 0) is 20.3 Å². The summed E-state index contributed by atoms with van der Waals surface area (Å²) < 4.78 is 1.43. The lowest BCUT2D eigenvalue weighted by atomic mass is 10.2. The van der Waals surface area contributed by atoms with Crippen LogP contribution in [-0.4, -0.2) is 31.5 Å². The quantitative estimate of drug-likeness (QED) is 0.804. The number of aromatic nitrogens is 4. The van der Waals surface area contributed by atoms with Crippen molar-refractivity contribution in [2.45, 2.75) is 26.3 Å². The first-order valence-electron chi connectivity index (χ1n) is 5.39. The summed E-state index contributed by atoms with van der Waals surface area (Å²) >= 11 is 5.67. The van der Waals surface area contributed by atoms with Crippen LogP contribution in [-0.2, 0) is 0 Å². The van der Waals surface area contributed by atoms with Gasteiger partial charge in [0, 0.05) is 18.0 Å². The highest BCUT2D eigenvalue weighted by Crippen LogP contribution is 2.10. The summed E-state index contributed by atoms with van der Waals surface area (Å²) in [5.41, 5.74) is 0.286. The van der Waals surface area contributed by atoms with E-state index < -0.39 is 0 Å². The van der Waals surface area contributed by atoms with E-state index in [1.54, 1.807) is 13.0 Å². The molecule has 92 valence electrons. The van der Waals surface area contributed by atoms with Crippen molar-refractivity contribution in [2.75, 3.05) is 11.2 Å². The number of alkyl halides is 1. The minimum absolute atomic E-state index is 0.229. The lowest BCUT2D eigenvalue weighted by molar-refractivity contribution is 0.760. The molecule has 1 atom stereocenters. The van der Waals surface area contributed by atoms with Gasteiger partial charge in [-0.25, -0.2) is 19.3 Å². The second-order valence-electron chi connectivity index (χ2n) is 3.93. The summed E-state index contributed by atoms with van der Waals surface area (Å²) in [6, 6.07) is 1.96. The first kappa shape index (κ1) is 11.9. The summed E-state index contributed by atoms with van der Waals surface area (Å²) in [6.07, 6.45) is 0.848. The van der Waals surface area contributed by atoms with Crippen molar-refractivity contribution in [3.05, 3.63) is 22.4 Å². The number of H-pyrrole nitrogens is 1. The van der Waals surface area contributed by atoms with Gasteiger partial charge in [0.05, 0.1) is 0 Å². The van der Waals surface area contributed by atoms with Gasteiger partial charge in [0.2, 0.25) is 0 Å². The van der Waals surface area contributed by atoms with Crippen LogP contribution in [0.5, 0.6) is 0 Å². The molecule has 0 saturated heterocycles. The maximum absolute atomic E-state index is 11.4. The van der Waals surface area contributed by atoms with Crippen molar-refractivity contribution in [1.29, 1.82) is 0 Å². The maximum atomic E-state index is 11.4. The average Bonchev–Trinajstić information content (AvgIpc) is 2.60. The largest absolute Gasteiger partial charge is 0.367 e. The third kappa shape index (κ3) is 2.41. The first-order chi connectivity index (χ1) is 8.11. The molecule has 2 aromatic rings. The lowest BCUT2D eigenvalue weighted by Crippen LogP contribution is -2.18. The molecule has 1 unspecified atom stereocenters. The average molecular weight is 256 g/mol. The Labute approximate surface area is 103 Å². The van der Waals surface area contributed by atoms with E-state index in [4.69, 9.17) is 11.6 Å². The Bertz CT molecular complexity index is 576. The number of fused-ring (bicyclic) bond motifs is 1. The zero-order valence-electron chi connectivity index (χ0n) is 9.70. The van der Waals surface area contributed by atoms with Crippen LogP contribution >= 0.6 is 11.6 Å². The lowest BCUT2D eigenvalue weighted by Gasteiger charge is -2.13. The van der Waals surface area contributed by atoms with Gasteiger partial charge < -0.3 is 5.32 Å². The fourth-order valence-corrected chi connectivity index (χ4v) is 1.99. The van der Waals surface area contributed by atoms with Crippen LogP contribution in [0.2, 0.25) is 0 Å². The molecule has 2 rings (SSSR count). The van der Waals surface area contributed by atoms with E-state index in [2.05, 4.69) is 20.5 Å². The van der Waals surface area contributed by atoms with Gasteiger partial charge in [-0.15, -0.1) is 11.6 Å². The summed E-state index contributed by atoms with van der Waals surface area (Å²) in [7, 11) is 0. The highest BCUT2D eigenvalue weighted by atomic mass is 35.5. The Morgan fingerprint density at radius 3 is 3.12 bits per heavy atom. The fourth-order valence-electron chi connectivity index (χ4n) is 1.66. The highest BCUT2D eigenvalue weighted by Gasteiger charge is 2.08. The molecule has 2 aromatic heterocycles. The maximum Gasteiger partial charge on any atom is 0.349 e. The van der Waals surface area contributed by atoms with Gasteiger partial charge in [-0.3, -0.25) is 0 Å². The monoisotopic (exact) mass is 255 g/mol. The number of hydrogen-bond donors (Lipinski definition) is 2. The molecule has 0 amide bonds. The van der Waals surface area contributed by atoms with Crippen LogP contribution in [0.3, 0.4) is 0 Å². The molecule has 0 spiro atoms. The molecular formula is C10H14ClN5O. The SMILES string of the molecule is Cc1nc(NC(C)CCCl)cc2n[nH]c(=O)n12. The van der Waals surface area contributed by atoms with E-state index in [0.717, 1.165) is 6.42 Å². The van der Waals surface area contributed by atoms with Crippen LogP contribution in [0, 0.1) is 6.92 Å². The highest BCUT2D eigenvalue weighted by molar-refractivity contribution is 6.17. The van der Waals surface area contributed by atoms with Gasteiger partial charge in [0.15, 0.2) is 5.65 Å². The molecular weight excluding hydrogens is 242 g/mol. The van der Waals surface area contributed by atoms with Crippen molar-refractivity contribution in [3.8, 4) is 0 Å². The Morgan fingerprint density at radius 1 is 1.65 bits per heavy atom. The number of nitrogens with zero attached hydrogens (tertiary/aromatic N) is 3. The van der Waals surface area contributed by atoms with Crippen molar-refractivity contribution < 1.29 is 0 Å². The van der Waals surface area contributed by atoms with Crippen LogP contribution < -0.4 is 11.0 Å². The standard InChI is InChI=1S/C10H14ClN5O/c1-6(3-4-11)12-8-5-9-14-15-10(17)16(9)7(2)13-8/h5-6,12H,3-4H2,1-2H3,(H,15,17). The molecule has 0 bridgehead atoms. The molecule has 7 heteroatoms. The van der Waals surface area contributed by atoms with Crippen LogP contribution in [0.25, 0.3) is 5.65 Å². The molecule has 0 radical (unpaired) electrons. The predicted molar refractivity (Wildman–Crippen MR) is 66.8 cm³/mol. The second-order valence-corrected chi connectivity index (χ2v) is 4.31. The number of aryl methyl sites for hydroxylation is 1. The summed E-state index contributed by atoms with van der Waals surface area (Å²) in [4.78, 5) is 15.7. The Balaban J connectivity index is 2.34. The van der Waals surface area contributed by atoms with Gasteiger partial charge in [0.25, 0.3) is 0 Å². The summed E-state index contributed by atoms with van der Waals surface area (Å²) in [6.45, 7) is 3.79. The van der Waals surface area contributed by atoms with E-state index in [0.29, 0.717) is 23.2 Å². The first-order valence-corrected chi connectivity index (χ1v) is 5.92. The fraction of sp³-hybridized carbons (Fsp3) is 0.500. The molecule has 6 nitrogen and oxygen atoms in total. The van der Waals surface area contributed by atoms with E-state index in [1.165, 1.54) is 4.40 Å². The zero-order valence-corrected chi connectivity index (χ0v) is 10.5. The minimum atomic E-state index is -0.273. The summed E-state index contributed by atoms with van der Waals surface area (Å²) in [5.74, 6) is 1.89. The van der Waals surface area contributed by atoms with E-state index >= 15 is 0 Å². The number of aromatic amines is 1. The number of halogens is 1. The predicted octanol–water partition coefficient (Wildman–Crippen LogP) is 1.16. The van der Waals surface area contributed by atoms with Crippen molar-refractivity contribution in [3.63, 3.8) is 0 Å². The Kier molecular flexibility index (Phi) is 3.33. The van der Waals surface area contributed by atoms with E-state index in [-0.39, 0.29) is 11.7 Å². The van der Waals surface area contributed by atoms with Crippen molar-refractivity contribution in [2.24, 2.45) is 0 Å². The van der Waals surface area contributed by atoms with Gasteiger partial charge >= 0.3 is 5.69 Å². The molecule has 0 aliphatic carbocycles. The third-order valence-corrected chi connectivity index (χ3v) is 2.72. The smallest absolute Gasteiger partial charge is 0.349 e. The molecule has 0 fully saturated rings. The molecule has 0 aliphatic rings. The number of anilines is 1. The van der Waals surface area contributed by atoms with Crippen LogP contribution in [0.1, 0.15) is 19.2 Å². The zero-order chi connectivity index (χ0) is 12.4. The molecule has 0 saturated carbocycles. The van der Waals surface area contributed by atoms with Gasteiger partial charge in [-0.2, -0.15) is 5.10 Å². The number of rotatable bonds is 4. The van der Waals surface area contributed by atoms with Crippen LogP contribution in [0.15, 0.2) is 10.9 Å². The molecule has 0 aromatic carbocycles. The van der Waals surface area contributed by atoms with E-state index in [9.17, 15) is 4.79 Å². The topological polar surface area (TPSA) is 75.1 Å². The Hall–Kier alpha value is -1.56. The molecule has 0 aliphatic heterocycles.